The summed E-state index contributed by atoms with van der Waals surface area (Å²) in [6, 6.07) is 6.86. The van der Waals surface area contributed by atoms with Gasteiger partial charge in [0.15, 0.2) is 11.6 Å². The fraction of sp³-hybridized carbons (Fsp3) is 0.0667. The number of halogens is 2. The fourth-order valence-electron chi connectivity index (χ4n) is 2.43. The molecule has 1 heterocycles. The highest BCUT2D eigenvalue weighted by Gasteiger charge is 2.22. The van der Waals surface area contributed by atoms with Crippen LogP contribution in [0.5, 0.6) is 5.75 Å². The van der Waals surface area contributed by atoms with Gasteiger partial charge in [-0.25, -0.2) is 14.3 Å². The van der Waals surface area contributed by atoms with Crippen molar-refractivity contribution in [1.82, 2.24) is 9.55 Å². The molecule has 1 N–H and O–H groups in total. The van der Waals surface area contributed by atoms with Crippen LogP contribution in [-0.4, -0.2) is 32.8 Å². The van der Waals surface area contributed by atoms with Gasteiger partial charge in [0, 0.05) is 11.6 Å². The van der Waals surface area contributed by atoms with Crippen LogP contribution < -0.4 is 4.74 Å². The van der Waals surface area contributed by atoms with Crippen LogP contribution >= 0.6 is 23.2 Å². The molecule has 3 aromatic rings. The number of fused-ring (bicyclic) bond motifs is 1. The minimum atomic E-state index is -1.31. The van der Waals surface area contributed by atoms with E-state index in [4.69, 9.17) is 27.9 Å². The average molecular weight is 382 g/mol. The zero-order valence-corrected chi connectivity index (χ0v) is 14.1. The molecule has 0 fully saturated rings. The van der Waals surface area contributed by atoms with Crippen molar-refractivity contribution >= 4 is 46.0 Å². The second-order valence-corrected chi connectivity index (χ2v) is 5.77. The number of hydrogen-bond acceptors (Lipinski definition) is 5. The molecule has 0 aliphatic rings. The van der Waals surface area contributed by atoms with E-state index >= 15 is 0 Å². The molecule has 3 rings (SSSR count). The average Bonchev–Trinajstić information content (AvgIpc) is 2.93. The van der Waals surface area contributed by atoms with Crippen LogP contribution in [0.4, 0.5) is 10.5 Å². The molecule has 10 heteroatoms. The van der Waals surface area contributed by atoms with E-state index in [9.17, 15) is 20.0 Å². The largest absolute Gasteiger partial charge is 0.490 e. The maximum Gasteiger partial charge on any atom is 0.417 e. The monoisotopic (exact) mass is 381 g/mol. The first-order chi connectivity index (χ1) is 11.8. The summed E-state index contributed by atoms with van der Waals surface area (Å²) in [5.74, 6) is 0.0596. The molecule has 0 unspecified atom stereocenters. The van der Waals surface area contributed by atoms with Gasteiger partial charge in [0.2, 0.25) is 0 Å². The summed E-state index contributed by atoms with van der Waals surface area (Å²) in [5.41, 5.74) is 0.444. The number of carbonyl (C=O) groups is 1. The molecule has 0 aliphatic carbocycles. The Kier molecular flexibility index (Phi) is 4.23. The van der Waals surface area contributed by atoms with Gasteiger partial charge in [0.25, 0.3) is 0 Å². The first-order valence-electron chi connectivity index (χ1n) is 6.77. The molecule has 0 aliphatic heterocycles. The smallest absolute Gasteiger partial charge is 0.417 e. The van der Waals surface area contributed by atoms with Gasteiger partial charge in [-0.1, -0.05) is 23.2 Å². The van der Waals surface area contributed by atoms with Crippen LogP contribution in [0.3, 0.4) is 0 Å². The SMILES string of the molecule is COc1ccc(-c2nc3cc(Cl)c(Cl)cc3n2C(=O)O)cc1[N+](=O)[O-]. The first-order valence-corrected chi connectivity index (χ1v) is 7.52. The summed E-state index contributed by atoms with van der Waals surface area (Å²) in [6.45, 7) is 0. The van der Waals surface area contributed by atoms with E-state index < -0.39 is 11.0 Å². The van der Waals surface area contributed by atoms with Gasteiger partial charge in [0.1, 0.15) is 0 Å². The van der Waals surface area contributed by atoms with Gasteiger partial charge in [-0.3, -0.25) is 10.1 Å². The third-order valence-electron chi connectivity index (χ3n) is 3.52. The van der Waals surface area contributed by atoms with Crippen molar-refractivity contribution in [2.45, 2.75) is 0 Å². The lowest BCUT2D eigenvalue weighted by atomic mass is 10.1. The van der Waals surface area contributed by atoms with Gasteiger partial charge in [-0.2, -0.15) is 0 Å². The minimum Gasteiger partial charge on any atom is -0.490 e. The Labute approximate surface area is 150 Å². The second kappa shape index (κ2) is 6.23. The quantitative estimate of drug-likeness (QED) is 0.530. The van der Waals surface area contributed by atoms with E-state index in [-0.39, 0.29) is 38.4 Å². The molecule has 2 aromatic carbocycles. The summed E-state index contributed by atoms with van der Waals surface area (Å²) in [5, 5.41) is 21.1. The van der Waals surface area contributed by atoms with Crippen molar-refractivity contribution in [2.75, 3.05) is 7.11 Å². The summed E-state index contributed by atoms with van der Waals surface area (Å²) < 4.78 is 5.84. The Morgan fingerprint density at radius 1 is 1.28 bits per heavy atom. The highest BCUT2D eigenvalue weighted by Crippen LogP contribution is 2.35. The molecule has 0 saturated carbocycles. The Hall–Kier alpha value is -2.84. The highest BCUT2D eigenvalue weighted by atomic mass is 35.5. The van der Waals surface area contributed by atoms with Crippen LogP contribution in [0.25, 0.3) is 22.4 Å². The maximum atomic E-state index is 11.7. The summed E-state index contributed by atoms with van der Waals surface area (Å²) in [7, 11) is 1.30. The van der Waals surface area contributed by atoms with Crippen molar-refractivity contribution in [2.24, 2.45) is 0 Å². The molecular formula is C15H9Cl2N3O5. The third kappa shape index (κ3) is 2.86. The van der Waals surface area contributed by atoms with Crippen molar-refractivity contribution in [3.63, 3.8) is 0 Å². The van der Waals surface area contributed by atoms with E-state index in [2.05, 4.69) is 4.98 Å². The molecule has 0 radical (unpaired) electrons. The maximum absolute atomic E-state index is 11.7. The predicted molar refractivity (Wildman–Crippen MR) is 91.8 cm³/mol. The Morgan fingerprint density at radius 2 is 1.96 bits per heavy atom. The van der Waals surface area contributed by atoms with Crippen molar-refractivity contribution < 1.29 is 19.6 Å². The topological polar surface area (TPSA) is 107 Å². The van der Waals surface area contributed by atoms with Crippen LogP contribution in [-0.2, 0) is 0 Å². The highest BCUT2D eigenvalue weighted by molar-refractivity contribution is 6.42. The zero-order valence-electron chi connectivity index (χ0n) is 12.6. The first kappa shape index (κ1) is 17.0. The van der Waals surface area contributed by atoms with Gasteiger partial charge >= 0.3 is 11.8 Å². The lowest BCUT2D eigenvalue weighted by Crippen LogP contribution is -2.09. The minimum absolute atomic E-state index is 0.00610. The van der Waals surface area contributed by atoms with Gasteiger partial charge in [-0.05, 0) is 24.3 Å². The molecular weight excluding hydrogens is 373 g/mol. The molecule has 8 nitrogen and oxygen atoms in total. The molecule has 0 atom stereocenters. The number of nitrogens with zero attached hydrogens (tertiary/aromatic N) is 3. The molecule has 0 saturated heterocycles. The van der Waals surface area contributed by atoms with E-state index in [1.165, 1.54) is 37.4 Å². The number of nitro benzene ring substituents is 1. The number of benzene rings is 2. The standard InChI is InChI=1S/C15H9Cl2N3O5/c1-25-13-3-2-7(4-12(13)20(23)24)14-18-10-5-8(16)9(17)6-11(10)19(14)15(21)22/h2-6H,1H3,(H,21,22). The van der Waals surface area contributed by atoms with Crippen molar-refractivity contribution in [3.05, 3.63) is 50.5 Å². The van der Waals surface area contributed by atoms with Crippen LogP contribution in [0.1, 0.15) is 0 Å². The van der Waals surface area contributed by atoms with Crippen LogP contribution in [0.2, 0.25) is 10.0 Å². The molecule has 0 spiro atoms. The van der Waals surface area contributed by atoms with Gasteiger partial charge in [0.05, 0.1) is 33.1 Å². The van der Waals surface area contributed by atoms with E-state index in [1.54, 1.807) is 0 Å². The summed E-state index contributed by atoms with van der Waals surface area (Å²) in [6.07, 6.45) is -1.31. The number of aromatic nitrogens is 2. The number of rotatable bonds is 3. The molecule has 128 valence electrons. The van der Waals surface area contributed by atoms with Crippen LogP contribution in [0, 0.1) is 10.1 Å². The van der Waals surface area contributed by atoms with Crippen LogP contribution in [0.15, 0.2) is 30.3 Å². The number of carboxylic acid groups (broad SMARTS) is 1. The van der Waals surface area contributed by atoms with Crippen molar-refractivity contribution in [3.8, 4) is 17.1 Å². The molecule has 1 aromatic heterocycles. The number of imidazole rings is 1. The zero-order chi connectivity index (χ0) is 18.3. The lowest BCUT2D eigenvalue weighted by Gasteiger charge is -2.06. The summed E-state index contributed by atoms with van der Waals surface area (Å²) >= 11 is 11.9. The lowest BCUT2D eigenvalue weighted by molar-refractivity contribution is -0.385. The molecule has 0 amide bonds. The molecule has 25 heavy (non-hydrogen) atoms. The second-order valence-electron chi connectivity index (χ2n) is 4.95. The van der Waals surface area contributed by atoms with E-state index in [0.717, 1.165) is 4.57 Å². The fourth-order valence-corrected chi connectivity index (χ4v) is 2.75. The number of hydrogen-bond donors (Lipinski definition) is 1. The van der Waals surface area contributed by atoms with Gasteiger partial charge < -0.3 is 9.84 Å². The number of methoxy groups -OCH3 is 1. The predicted octanol–water partition coefficient (Wildman–Crippen LogP) is 4.45. The molecule has 0 bridgehead atoms. The van der Waals surface area contributed by atoms with E-state index in [0.29, 0.717) is 5.52 Å². The Balaban J connectivity index is 2.32. The van der Waals surface area contributed by atoms with Crippen molar-refractivity contribution in [1.29, 1.82) is 0 Å². The number of nitro groups is 1. The van der Waals surface area contributed by atoms with E-state index in [1.807, 2.05) is 0 Å². The van der Waals surface area contributed by atoms with Gasteiger partial charge in [-0.15, -0.1) is 0 Å². The number of ether oxygens (including phenoxy) is 1. The Bertz CT molecular complexity index is 1030. The summed E-state index contributed by atoms with van der Waals surface area (Å²) in [4.78, 5) is 26.5. The third-order valence-corrected chi connectivity index (χ3v) is 4.24. The Morgan fingerprint density at radius 3 is 2.56 bits per heavy atom. The normalized spacial score (nSPS) is 10.8.